The molecule has 1 amide bonds. The van der Waals surface area contributed by atoms with E-state index in [2.05, 4.69) is 22.2 Å². The van der Waals surface area contributed by atoms with Crippen molar-refractivity contribution in [1.29, 1.82) is 0 Å². The van der Waals surface area contributed by atoms with E-state index in [4.69, 9.17) is 0 Å². The van der Waals surface area contributed by atoms with Crippen LogP contribution in [0.4, 0.5) is 0 Å². The summed E-state index contributed by atoms with van der Waals surface area (Å²) in [7, 11) is 0. The van der Waals surface area contributed by atoms with Crippen LogP contribution in [0.1, 0.15) is 44.7 Å². The van der Waals surface area contributed by atoms with Crippen molar-refractivity contribution < 1.29 is 4.79 Å². The number of amides is 1. The first-order valence-corrected chi connectivity index (χ1v) is 9.91. The molecule has 1 saturated carbocycles. The zero-order valence-electron chi connectivity index (χ0n) is 12.9. The van der Waals surface area contributed by atoms with Crippen molar-refractivity contribution in [3.05, 3.63) is 22.1 Å². The fourth-order valence-electron chi connectivity index (χ4n) is 2.42. The summed E-state index contributed by atoms with van der Waals surface area (Å²) in [6.45, 7) is 2.13. The Labute approximate surface area is 139 Å². The van der Waals surface area contributed by atoms with E-state index in [0.717, 1.165) is 36.5 Å². The third-order valence-electron chi connectivity index (χ3n) is 3.43. The maximum atomic E-state index is 11.9. The molecule has 0 atom stereocenters. The average Bonchev–Trinajstić information content (AvgIpc) is 2.98. The van der Waals surface area contributed by atoms with Crippen LogP contribution in [-0.4, -0.2) is 33.4 Å². The predicted octanol–water partition coefficient (Wildman–Crippen LogP) is 2.56. The molecule has 0 unspecified atom stereocenters. The van der Waals surface area contributed by atoms with Gasteiger partial charge >= 0.3 is 0 Å². The van der Waals surface area contributed by atoms with E-state index in [1.165, 1.54) is 30.7 Å². The second-order valence-corrected chi connectivity index (χ2v) is 7.50. The molecule has 0 radical (unpaired) electrons. The number of hydrogen-bond acceptors (Lipinski definition) is 5. The molecule has 22 heavy (non-hydrogen) atoms. The Morgan fingerprint density at radius 3 is 2.95 bits per heavy atom. The van der Waals surface area contributed by atoms with E-state index in [0.29, 0.717) is 17.0 Å². The number of carbonyl (C=O) groups excluding carboxylic acids is 1. The minimum absolute atomic E-state index is 0.0188. The van der Waals surface area contributed by atoms with Gasteiger partial charge in [-0.2, -0.15) is 11.8 Å². The first kappa shape index (κ1) is 17.4. The van der Waals surface area contributed by atoms with E-state index in [9.17, 15) is 9.59 Å². The molecule has 2 N–H and O–H groups in total. The van der Waals surface area contributed by atoms with Crippen LogP contribution in [0.15, 0.2) is 16.0 Å². The second-order valence-electron chi connectivity index (χ2n) is 5.43. The Bertz CT molecular complexity index is 542. The number of nitrogens with one attached hydrogen (secondary N) is 2. The fraction of sp³-hybridized carbons (Fsp3) is 0.667. The van der Waals surface area contributed by atoms with Gasteiger partial charge in [-0.1, -0.05) is 31.5 Å². The third-order valence-corrected chi connectivity index (χ3v) is 5.50. The average molecular weight is 342 g/mol. The van der Waals surface area contributed by atoms with Crippen LogP contribution in [0.25, 0.3) is 0 Å². The highest BCUT2D eigenvalue weighted by Gasteiger charge is 2.17. The smallest absolute Gasteiger partial charge is 0.251 e. The summed E-state index contributed by atoms with van der Waals surface area (Å²) in [4.78, 5) is 30.7. The van der Waals surface area contributed by atoms with Gasteiger partial charge in [0, 0.05) is 17.9 Å². The maximum Gasteiger partial charge on any atom is 0.251 e. The number of rotatable bonds is 8. The number of aromatic nitrogens is 2. The third kappa shape index (κ3) is 6.04. The van der Waals surface area contributed by atoms with E-state index >= 15 is 0 Å². The lowest BCUT2D eigenvalue weighted by Crippen LogP contribution is -2.33. The number of carbonyl (C=O) groups is 1. The number of nitrogens with zero attached hydrogens (tertiary/aromatic N) is 1. The molecule has 122 valence electrons. The van der Waals surface area contributed by atoms with Crippen LogP contribution < -0.4 is 10.9 Å². The zero-order valence-corrected chi connectivity index (χ0v) is 14.5. The summed E-state index contributed by atoms with van der Waals surface area (Å²) in [5.41, 5.74) is 0.627. The van der Waals surface area contributed by atoms with E-state index in [-0.39, 0.29) is 11.5 Å². The monoisotopic (exact) mass is 341 g/mol. The molecule has 1 aromatic heterocycles. The molecule has 1 aliphatic rings. The summed E-state index contributed by atoms with van der Waals surface area (Å²) in [6.07, 6.45) is 5.66. The highest BCUT2D eigenvalue weighted by molar-refractivity contribution is 7.99. The van der Waals surface area contributed by atoms with Crippen LogP contribution in [0.2, 0.25) is 0 Å². The normalized spacial score (nSPS) is 15.1. The van der Waals surface area contributed by atoms with Gasteiger partial charge in [-0.3, -0.25) is 9.59 Å². The maximum absolute atomic E-state index is 11.9. The molecule has 1 aliphatic carbocycles. The van der Waals surface area contributed by atoms with Crippen molar-refractivity contribution in [2.24, 2.45) is 0 Å². The predicted molar refractivity (Wildman–Crippen MR) is 92.4 cm³/mol. The molecule has 5 nitrogen and oxygen atoms in total. The summed E-state index contributed by atoms with van der Waals surface area (Å²) < 4.78 is 0. The molecule has 0 spiro atoms. The van der Waals surface area contributed by atoms with Gasteiger partial charge in [-0.15, -0.1) is 0 Å². The Hall–Kier alpha value is -0.950. The second kappa shape index (κ2) is 9.25. The Balaban J connectivity index is 1.83. The summed E-state index contributed by atoms with van der Waals surface area (Å²) in [5, 5.41) is 3.57. The number of H-pyrrole nitrogens is 1. The number of aromatic amines is 1. The molecule has 0 saturated heterocycles. The zero-order chi connectivity index (χ0) is 15.8. The molecule has 1 fully saturated rings. The Kier molecular flexibility index (Phi) is 7.32. The van der Waals surface area contributed by atoms with Crippen LogP contribution in [0.5, 0.6) is 0 Å². The van der Waals surface area contributed by atoms with Gasteiger partial charge in [0.05, 0.1) is 11.4 Å². The lowest BCUT2D eigenvalue weighted by atomic mass is 10.2. The summed E-state index contributed by atoms with van der Waals surface area (Å²) in [5.74, 6) is 2.11. The molecular formula is C15H23N3O2S2. The number of hydrogen-bond donors (Lipinski definition) is 2. The Morgan fingerprint density at radius 1 is 1.45 bits per heavy atom. The van der Waals surface area contributed by atoms with Crippen LogP contribution >= 0.6 is 23.5 Å². The quantitative estimate of drug-likeness (QED) is 0.432. The van der Waals surface area contributed by atoms with Gasteiger partial charge in [0.2, 0.25) is 5.91 Å². The van der Waals surface area contributed by atoms with E-state index in [1.54, 1.807) is 11.8 Å². The largest absolute Gasteiger partial charge is 0.353 e. The van der Waals surface area contributed by atoms with Crippen molar-refractivity contribution in [1.82, 2.24) is 15.3 Å². The van der Waals surface area contributed by atoms with Gasteiger partial charge in [-0.05, 0) is 25.0 Å². The molecular weight excluding hydrogens is 318 g/mol. The lowest BCUT2D eigenvalue weighted by molar-refractivity contribution is -0.119. The number of thioether (sulfide) groups is 2. The van der Waals surface area contributed by atoms with Crippen molar-refractivity contribution >= 4 is 29.4 Å². The van der Waals surface area contributed by atoms with Gasteiger partial charge in [0.15, 0.2) is 5.16 Å². The van der Waals surface area contributed by atoms with Gasteiger partial charge in [0.1, 0.15) is 0 Å². The lowest BCUT2D eigenvalue weighted by Gasteiger charge is -2.11. The molecule has 0 bridgehead atoms. The van der Waals surface area contributed by atoms with Gasteiger partial charge in [-0.25, -0.2) is 4.98 Å². The molecule has 7 heteroatoms. The van der Waals surface area contributed by atoms with E-state index < -0.39 is 0 Å². The van der Waals surface area contributed by atoms with Crippen molar-refractivity contribution in [2.45, 2.75) is 56.0 Å². The fourth-order valence-corrected chi connectivity index (χ4v) is 3.92. The SMILES string of the molecule is CCCSCc1cc(=O)[nH]c(SCC(=O)NC2CCCC2)n1. The minimum atomic E-state index is -0.152. The molecule has 1 heterocycles. The first-order valence-electron chi connectivity index (χ1n) is 7.77. The van der Waals surface area contributed by atoms with Gasteiger partial charge < -0.3 is 10.3 Å². The molecule has 1 aromatic rings. The highest BCUT2D eigenvalue weighted by atomic mass is 32.2. The standard InChI is InChI=1S/C15H23N3O2S2/c1-2-7-21-9-12-8-13(19)18-15(17-12)22-10-14(20)16-11-5-3-4-6-11/h8,11H,2-7,9-10H2,1H3,(H,16,20)(H,17,18,19). The van der Waals surface area contributed by atoms with Gasteiger partial charge in [0.25, 0.3) is 5.56 Å². The van der Waals surface area contributed by atoms with E-state index in [1.807, 2.05) is 0 Å². The molecule has 0 aromatic carbocycles. The van der Waals surface area contributed by atoms with Crippen LogP contribution in [0, 0.1) is 0 Å². The highest BCUT2D eigenvalue weighted by Crippen LogP contribution is 2.18. The van der Waals surface area contributed by atoms with Crippen LogP contribution in [0.3, 0.4) is 0 Å². The molecule has 2 rings (SSSR count). The summed E-state index contributed by atoms with van der Waals surface area (Å²) in [6, 6.07) is 1.86. The Morgan fingerprint density at radius 2 is 2.23 bits per heavy atom. The first-order chi connectivity index (χ1) is 10.7. The topological polar surface area (TPSA) is 74.8 Å². The summed E-state index contributed by atoms with van der Waals surface area (Å²) >= 11 is 3.06. The minimum Gasteiger partial charge on any atom is -0.353 e. The van der Waals surface area contributed by atoms with Crippen molar-refractivity contribution in [2.75, 3.05) is 11.5 Å². The molecule has 0 aliphatic heterocycles. The van der Waals surface area contributed by atoms with Crippen molar-refractivity contribution in [3.8, 4) is 0 Å². The van der Waals surface area contributed by atoms with Crippen molar-refractivity contribution in [3.63, 3.8) is 0 Å². The van der Waals surface area contributed by atoms with Crippen LogP contribution in [-0.2, 0) is 10.5 Å².